The quantitative estimate of drug-likeness (QED) is 0.845. The van der Waals surface area contributed by atoms with Crippen LogP contribution in [0.25, 0.3) is 0 Å². The highest BCUT2D eigenvalue weighted by Crippen LogP contribution is 2.39. The lowest BCUT2D eigenvalue weighted by Gasteiger charge is -2.39. The fourth-order valence-corrected chi connectivity index (χ4v) is 3.16. The van der Waals surface area contributed by atoms with Crippen molar-refractivity contribution >= 4 is 6.03 Å². The van der Waals surface area contributed by atoms with Gasteiger partial charge < -0.3 is 24.4 Å². The van der Waals surface area contributed by atoms with Gasteiger partial charge in [-0.05, 0) is 36.8 Å². The normalized spacial score (nSPS) is 14.9. The summed E-state index contributed by atoms with van der Waals surface area (Å²) in [5, 5.41) is 3.02. The third-order valence-corrected chi connectivity index (χ3v) is 4.80. The Balaban J connectivity index is 1.64. The summed E-state index contributed by atoms with van der Waals surface area (Å²) in [6, 6.07) is 9.25. The van der Waals surface area contributed by atoms with E-state index in [1.807, 2.05) is 37.3 Å². The maximum Gasteiger partial charge on any atom is 0.317 e. The molecule has 1 aromatic heterocycles. The number of hydrogen-bond donors (Lipinski definition) is 1. The van der Waals surface area contributed by atoms with E-state index in [0.29, 0.717) is 36.3 Å². The summed E-state index contributed by atoms with van der Waals surface area (Å²) in [5.74, 6) is 1.95. The highest BCUT2D eigenvalue weighted by Gasteiger charge is 2.33. The van der Waals surface area contributed by atoms with Gasteiger partial charge in [0, 0.05) is 30.9 Å². The van der Waals surface area contributed by atoms with Crippen molar-refractivity contribution in [2.24, 2.45) is 0 Å². The number of carbonyl (C=O) groups is 1. The number of urea groups is 1. The van der Waals surface area contributed by atoms with Gasteiger partial charge in [-0.15, -0.1) is 0 Å². The van der Waals surface area contributed by atoms with Gasteiger partial charge in [0.2, 0.25) is 5.75 Å². The number of likely N-dealkylation sites (tertiary alicyclic amines) is 1. The molecule has 1 saturated heterocycles. The van der Waals surface area contributed by atoms with Gasteiger partial charge in [0.25, 0.3) is 0 Å². The van der Waals surface area contributed by atoms with Crippen molar-refractivity contribution in [3.8, 4) is 17.2 Å². The van der Waals surface area contributed by atoms with Crippen molar-refractivity contribution in [1.29, 1.82) is 0 Å². The van der Waals surface area contributed by atoms with Gasteiger partial charge in [-0.25, -0.2) is 4.79 Å². The summed E-state index contributed by atoms with van der Waals surface area (Å²) in [7, 11) is 4.71. The third kappa shape index (κ3) is 3.92. The molecule has 0 radical (unpaired) electrons. The molecular weight excluding hydrogens is 346 g/mol. The molecule has 144 valence electrons. The van der Waals surface area contributed by atoms with Crippen LogP contribution in [0.5, 0.6) is 17.2 Å². The number of hydrogen-bond acceptors (Lipinski definition) is 5. The summed E-state index contributed by atoms with van der Waals surface area (Å²) in [6.07, 6.45) is 1.78. The van der Waals surface area contributed by atoms with Gasteiger partial charge in [-0.1, -0.05) is 6.07 Å². The van der Waals surface area contributed by atoms with Crippen LogP contribution in [0.1, 0.15) is 30.1 Å². The van der Waals surface area contributed by atoms with Crippen LogP contribution in [0, 0.1) is 0 Å². The maximum atomic E-state index is 12.5. The SMILES string of the molecule is COc1cc([C@H](C)NC(=O)N2CC(c3ccccn3)C2)cc(OC)c1OC. The molecule has 2 heterocycles. The summed E-state index contributed by atoms with van der Waals surface area (Å²) in [5.41, 5.74) is 1.90. The van der Waals surface area contributed by atoms with Crippen molar-refractivity contribution in [2.45, 2.75) is 18.9 Å². The molecule has 1 atom stereocenters. The molecule has 7 nitrogen and oxygen atoms in total. The number of benzene rings is 1. The molecule has 1 aliphatic rings. The first-order valence-electron chi connectivity index (χ1n) is 8.83. The molecular formula is C20H25N3O4. The van der Waals surface area contributed by atoms with Crippen LogP contribution in [0.15, 0.2) is 36.5 Å². The van der Waals surface area contributed by atoms with Crippen LogP contribution in [-0.4, -0.2) is 50.3 Å². The average molecular weight is 371 g/mol. The lowest BCUT2D eigenvalue weighted by Crippen LogP contribution is -2.53. The first-order chi connectivity index (χ1) is 13.1. The second kappa shape index (κ2) is 8.16. The smallest absolute Gasteiger partial charge is 0.317 e. The van der Waals surface area contributed by atoms with Crippen LogP contribution < -0.4 is 19.5 Å². The minimum atomic E-state index is -0.208. The Morgan fingerprint density at radius 2 is 1.81 bits per heavy atom. The lowest BCUT2D eigenvalue weighted by molar-refractivity contribution is 0.147. The van der Waals surface area contributed by atoms with E-state index < -0.39 is 0 Å². The molecule has 7 heteroatoms. The molecule has 0 saturated carbocycles. The first-order valence-corrected chi connectivity index (χ1v) is 8.83. The Labute approximate surface area is 159 Å². The van der Waals surface area contributed by atoms with E-state index >= 15 is 0 Å². The molecule has 3 rings (SSSR count). The van der Waals surface area contributed by atoms with Gasteiger partial charge in [-0.2, -0.15) is 0 Å². The zero-order valence-corrected chi connectivity index (χ0v) is 16.1. The van der Waals surface area contributed by atoms with Gasteiger partial charge in [0.05, 0.1) is 27.4 Å². The van der Waals surface area contributed by atoms with Crippen LogP contribution in [0.2, 0.25) is 0 Å². The summed E-state index contributed by atoms with van der Waals surface area (Å²) < 4.78 is 16.1. The molecule has 0 bridgehead atoms. The van der Waals surface area contributed by atoms with E-state index in [2.05, 4.69) is 10.3 Å². The van der Waals surface area contributed by atoms with Crippen molar-refractivity contribution in [2.75, 3.05) is 34.4 Å². The van der Waals surface area contributed by atoms with E-state index in [1.54, 1.807) is 32.4 Å². The number of nitrogens with zero attached hydrogens (tertiary/aromatic N) is 2. The predicted molar refractivity (Wildman–Crippen MR) is 102 cm³/mol. The second-order valence-corrected chi connectivity index (χ2v) is 6.49. The van der Waals surface area contributed by atoms with E-state index in [4.69, 9.17) is 14.2 Å². The van der Waals surface area contributed by atoms with E-state index in [0.717, 1.165) is 11.3 Å². The molecule has 0 unspecified atom stereocenters. The molecule has 0 spiro atoms. The minimum absolute atomic E-state index is 0.0940. The number of rotatable bonds is 6. The van der Waals surface area contributed by atoms with Gasteiger partial charge in [0.1, 0.15) is 0 Å². The minimum Gasteiger partial charge on any atom is -0.493 e. The molecule has 1 aliphatic heterocycles. The van der Waals surface area contributed by atoms with E-state index in [-0.39, 0.29) is 12.1 Å². The summed E-state index contributed by atoms with van der Waals surface area (Å²) in [6.45, 7) is 3.27. The number of pyridine rings is 1. The number of aromatic nitrogens is 1. The van der Waals surface area contributed by atoms with Crippen molar-refractivity contribution in [1.82, 2.24) is 15.2 Å². The van der Waals surface area contributed by atoms with Crippen molar-refractivity contribution in [3.05, 3.63) is 47.8 Å². The Morgan fingerprint density at radius 1 is 1.15 bits per heavy atom. The van der Waals surface area contributed by atoms with Crippen LogP contribution in [-0.2, 0) is 0 Å². The van der Waals surface area contributed by atoms with Crippen molar-refractivity contribution < 1.29 is 19.0 Å². The summed E-state index contributed by atoms with van der Waals surface area (Å²) in [4.78, 5) is 18.7. The van der Waals surface area contributed by atoms with Gasteiger partial charge >= 0.3 is 6.03 Å². The fourth-order valence-electron chi connectivity index (χ4n) is 3.16. The molecule has 0 aliphatic carbocycles. The van der Waals surface area contributed by atoms with Crippen LogP contribution in [0.4, 0.5) is 4.79 Å². The van der Waals surface area contributed by atoms with Crippen LogP contribution >= 0.6 is 0 Å². The van der Waals surface area contributed by atoms with Gasteiger partial charge in [-0.3, -0.25) is 4.98 Å². The highest BCUT2D eigenvalue weighted by molar-refractivity contribution is 5.76. The standard InChI is InChI=1S/C20H25N3O4/c1-13(14-9-17(25-2)19(27-4)18(10-14)26-3)22-20(24)23-11-15(12-23)16-7-5-6-8-21-16/h5-10,13,15H,11-12H2,1-4H3,(H,22,24)/t13-/m0/s1. The number of methoxy groups -OCH3 is 3. The van der Waals surface area contributed by atoms with E-state index in [9.17, 15) is 4.79 Å². The molecule has 1 N–H and O–H groups in total. The second-order valence-electron chi connectivity index (χ2n) is 6.49. The Hall–Kier alpha value is -2.96. The maximum absolute atomic E-state index is 12.5. The zero-order valence-electron chi connectivity index (χ0n) is 16.1. The average Bonchev–Trinajstić information content (AvgIpc) is 2.66. The van der Waals surface area contributed by atoms with E-state index in [1.165, 1.54) is 0 Å². The monoisotopic (exact) mass is 371 g/mol. The largest absolute Gasteiger partial charge is 0.493 e. The highest BCUT2D eigenvalue weighted by atomic mass is 16.5. The Bertz CT molecular complexity index is 766. The number of amides is 2. The predicted octanol–water partition coefficient (Wildman–Crippen LogP) is 2.98. The molecule has 2 aromatic rings. The number of ether oxygens (including phenoxy) is 3. The third-order valence-electron chi connectivity index (χ3n) is 4.80. The Kier molecular flexibility index (Phi) is 5.69. The topological polar surface area (TPSA) is 72.9 Å². The number of carbonyl (C=O) groups excluding carboxylic acids is 1. The first kappa shape index (κ1) is 18.8. The van der Waals surface area contributed by atoms with Crippen LogP contribution in [0.3, 0.4) is 0 Å². The van der Waals surface area contributed by atoms with Gasteiger partial charge in [0.15, 0.2) is 11.5 Å². The zero-order chi connectivity index (χ0) is 19.4. The number of nitrogens with one attached hydrogen (secondary N) is 1. The molecule has 1 fully saturated rings. The fraction of sp³-hybridized carbons (Fsp3) is 0.400. The lowest BCUT2D eigenvalue weighted by atomic mass is 9.96. The Morgan fingerprint density at radius 3 is 2.33 bits per heavy atom. The van der Waals surface area contributed by atoms with Crippen molar-refractivity contribution in [3.63, 3.8) is 0 Å². The molecule has 27 heavy (non-hydrogen) atoms. The molecule has 2 amide bonds. The molecule has 1 aromatic carbocycles. The summed E-state index contributed by atoms with van der Waals surface area (Å²) >= 11 is 0.